The Kier molecular flexibility index (Phi) is 2.00. The number of hydrogen-bond donors (Lipinski definition) is 0. The number of carbonyl (C=O) groups is 1. The highest BCUT2D eigenvalue weighted by Crippen LogP contribution is 2.08. The molecule has 2 rings (SSSR count). The van der Waals surface area contributed by atoms with Crippen molar-refractivity contribution in [2.75, 3.05) is 0 Å². The summed E-state index contributed by atoms with van der Waals surface area (Å²) in [5.41, 5.74) is 2.07. The van der Waals surface area contributed by atoms with Crippen LogP contribution < -0.4 is 0 Å². The summed E-state index contributed by atoms with van der Waals surface area (Å²) in [5.74, 6) is 0. The molecule has 2 heterocycles. The highest BCUT2D eigenvalue weighted by Gasteiger charge is 1.98. The van der Waals surface area contributed by atoms with E-state index in [0.29, 0.717) is 13.1 Å². The van der Waals surface area contributed by atoms with E-state index in [1.807, 2.05) is 40.9 Å². The molecule has 0 aliphatic carbocycles. The first-order chi connectivity index (χ1) is 6.42. The van der Waals surface area contributed by atoms with Crippen LogP contribution in [0.2, 0.25) is 0 Å². The maximum atomic E-state index is 10.0. The Morgan fingerprint density at radius 2 is 2.15 bits per heavy atom. The lowest BCUT2D eigenvalue weighted by atomic mass is 10.3. The minimum Gasteiger partial charge on any atom is -0.461 e. The van der Waals surface area contributed by atoms with E-state index in [0.717, 1.165) is 11.2 Å². The molecule has 0 aliphatic heterocycles. The summed E-state index contributed by atoms with van der Waals surface area (Å²) >= 11 is 0. The van der Waals surface area contributed by atoms with Gasteiger partial charge in [0.1, 0.15) is 6.61 Å². The summed E-state index contributed by atoms with van der Waals surface area (Å²) in [7, 11) is 0. The van der Waals surface area contributed by atoms with Crippen molar-refractivity contribution >= 4 is 12.0 Å². The summed E-state index contributed by atoms with van der Waals surface area (Å²) in [4.78, 5) is 10.0. The van der Waals surface area contributed by atoms with E-state index >= 15 is 0 Å². The van der Waals surface area contributed by atoms with Gasteiger partial charge in [0.15, 0.2) is 0 Å². The zero-order valence-electron chi connectivity index (χ0n) is 7.01. The molecule has 0 bridgehead atoms. The van der Waals surface area contributed by atoms with Crippen molar-refractivity contribution in [1.82, 2.24) is 4.40 Å². The molecule has 66 valence electrons. The van der Waals surface area contributed by atoms with Crippen molar-refractivity contribution in [3.8, 4) is 0 Å². The molecular formula is C10H9NO2. The Hall–Kier alpha value is -1.77. The second-order valence-electron chi connectivity index (χ2n) is 2.73. The van der Waals surface area contributed by atoms with E-state index in [4.69, 9.17) is 4.74 Å². The number of ether oxygens (including phenoxy) is 1. The van der Waals surface area contributed by atoms with Gasteiger partial charge >= 0.3 is 0 Å². The van der Waals surface area contributed by atoms with Gasteiger partial charge < -0.3 is 9.14 Å². The Morgan fingerprint density at radius 1 is 1.31 bits per heavy atom. The van der Waals surface area contributed by atoms with Gasteiger partial charge in [0.05, 0.1) is 5.69 Å². The van der Waals surface area contributed by atoms with Crippen molar-refractivity contribution in [3.05, 3.63) is 42.2 Å². The standard InChI is InChI=1S/C10H9NO2/c12-8-13-7-10-4-1-3-9-5-2-6-11(9)10/h1-6,8H,7H2. The average molecular weight is 175 g/mol. The molecule has 0 saturated carbocycles. The van der Waals surface area contributed by atoms with Gasteiger partial charge in [0.2, 0.25) is 0 Å². The zero-order chi connectivity index (χ0) is 9.10. The highest BCUT2D eigenvalue weighted by molar-refractivity contribution is 5.48. The topological polar surface area (TPSA) is 30.7 Å². The molecule has 0 aromatic carbocycles. The molecule has 0 aliphatic rings. The third-order valence-corrected chi connectivity index (χ3v) is 1.94. The number of fused-ring (bicyclic) bond motifs is 1. The van der Waals surface area contributed by atoms with E-state index in [1.165, 1.54) is 0 Å². The van der Waals surface area contributed by atoms with Gasteiger partial charge in [-0.05, 0) is 24.3 Å². The summed E-state index contributed by atoms with van der Waals surface area (Å²) in [6.07, 6.45) is 1.94. The quantitative estimate of drug-likeness (QED) is 0.663. The van der Waals surface area contributed by atoms with Crippen molar-refractivity contribution in [2.24, 2.45) is 0 Å². The Labute approximate surface area is 75.6 Å². The van der Waals surface area contributed by atoms with Gasteiger partial charge in [-0.2, -0.15) is 0 Å². The van der Waals surface area contributed by atoms with Crippen molar-refractivity contribution in [1.29, 1.82) is 0 Å². The van der Waals surface area contributed by atoms with E-state index in [-0.39, 0.29) is 0 Å². The van der Waals surface area contributed by atoms with Crippen LogP contribution in [0, 0.1) is 0 Å². The van der Waals surface area contributed by atoms with Crippen LogP contribution in [0.4, 0.5) is 0 Å². The number of pyridine rings is 1. The lowest BCUT2D eigenvalue weighted by Crippen LogP contribution is -1.97. The minimum absolute atomic E-state index is 0.315. The second kappa shape index (κ2) is 3.31. The first-order valence-electron chi connectivity index (χ1n) is 4.02. The number of rotatable bonds is 3. The SMILES string of the molecule is O=COCc1cccc2cccn12. The number of carbonyl (C=O) groups excluding carboxylic acids is 1. The zero-order valence-corrected chi connectivity index (χ0v) is 7.01. The van der Waals surface area contributed by atoms with E-state index in [2.05, 4.69) is 0 Å². The van der Waals surface area contributed by atoms with E-state index in [1.54, 1.807) is 0 Å². The minimum atomic E-state index is 0.315. The number of hydrogen-bond acceptors (Lipinski definition) is 2. The fourth-order valence-corrected chi connectivity index (χ4v) is 1.37. The molecule has 3 heteroatoms. The molecule has 0 amide bonds. The fraction of sp³-hybridized carbons (Fsp3) is 0.100. The summed E-state index contributed by atoms with van der Waals surface area (Å²) in [5, 5.41) is 0. The molecule has 0 N–H and O–H groups in total. The third-order valence-electron chi connectivity index (χ3n) is 1.94. The van der Waals surface area contributed by atoms with Crippen LogP contribution in [0.3, 0.4) is 0 Å². The molecule has 0 spiro atoms. The van der Waals surface area contributed by atoms with Gasteiger partial charge in [-0.25, -0.2) is 0 Å². The van der Waals surface area contributed by atoms with Crippen molar-refractivity contribution in [2.45, 2.75) is 6.61 Å². The normalized spacial score (nSPS) is 10.2. The van der Waals surface area contributed by atoms with Crippen LogP contribution in [-0.2, 0) is 16.1 Å². The van der Waals surface area contributed by atoms with Gasteiger partial charge in [-0.15, -0.1) is 0 Å². The lowest BCUT2D eigenvalue weighted by molar-refractivity contribution is -0.129. The fourth-order valence-electron chi connectivity index (χ4n) is 1.37. The molecule has 2 aromatic rings. The van der Waals surface area contributed by atoms with Gasteiger partial charge in [0.25, 0.3) is 6.47 Å². The molecule has 0 saturated heterocycles. The molecule has 13 heavy (non-hydrogen) atoms. The second-order valence-corrected chi connectivity index (χ2v) is 2.73. The van der Waals surface area contributed by atoms with Crippen molar-refractivity contribution in [3.63, 3.8) is 0 Å². The van der Waals surface area contributed by atoms with Crippen LogP contribution in [0.5, 0.6) is 0 Å². The molecule has 0 unspecified atom stereocenters. The Morgan fingerprint density at radius 3 is 3.00 bits per heavy atom. The number of nitrogens with zero attached hydrogens (tertiary/aromatic N) is 1. The summed E-state index contributed by atoms with van der Waals surface area (Å²) in [6.45, 7) is 0.776. The Balaban J connectivity index is 2.42. The lowest BCUT2D eigenvalue weighted by Gasteiger charge is -2.03. The van der Waals surface area contributed by atoms with Gasteiger partial charge in [-0.1, -0.05) is 6.07 Å². The molecule has 3 nitrogen and oxygen atoms in total. The predicted molar refractivity (Wildman–Crippen MR) is 48.3 cm³/mol. The van der Waals surface area contributed by atoms with Crippen LogP contribution in [0.15, 0.2) is 36.5 Å². The monoisotopic (exact) mass is 175 g/mol. The Bertz CT molecular complexity index is 420. The molecular weight excluding hydrogens is 166 g/mol. The summed E-state index contributed by atoms with van der Waals surface area (Å²) < 4.78 is 6.69. The molecule has 0 radical (unpaired) electrons. The molecule has 0 atom stereocenters. The first-order valence-corrected chi connectivity index (χ1v) is 4.02. The maximum Gasteiger partial charge on any atom is 0.293 e. The van der Waals surface area contributed by atoms with Crippen LogP contribution in [-0.4, -0.2) is 10.9 Å². The van der Waals surface area contributed by atoms with E-state index in [9.17, 15) is 4.79 Å². The maximum absolute atomic E-state index is 10.0. The van der Waals surface area contributed by atoms with Gasteiger partial charge in [-0.3, -0.25) is 4.79 Å². The third kappa shape index (κ3) is 1.40. The molecule has 0 fully saturated rings. The first kappa shape index (κ1) is 7.86. The largest absolute Gasteiger partial charge is 0.461 e. The highest BCUT2D eigenvalue weighted by atomic mass is 16.5. The average Bonchev–Trinajstić information content (AvgIpc) is 2.62. The smallest absolute Gasteiger partial charge is 0.293 e. The van der Waals surface area contributed by atoms with Crippen LogP contribution in [0.25, 0.3) is 5.52 Å². The van der Waals surface area contributed by atoms with Crippen LogP contribution >= 0.6 is 0 Å². The van der Waals surface area contributed by atoms with E-state index < -0.39 is 0 Å². The van der Waals surface area contributed by atoms with Gasteiger partial charge in [0, 0.05) is 11.7 Å². The predicted octanol–water partition coefficient (Wildman–Crippen LogP) is 1.61. The number of aromatic nitrogens is 1. The summed E-state index contributed by atoms with van der Waals surface area (Å²) in [6, 6.07) is 9.84. The van der Waals surface area contributed by atoms with Crippen LogP contribution in [0.1, 0.15) is 5.69 Å². The molecule has 2 aromatic heterocycles. The van der Waals surface area contributed by atoms with Crippen molar-refractivity contribution < 1.29 is 9.53 Å².